The van der Waals surface area contributed by atoms with Crippen molar-refractivity contribution in [3.05, 3.63) is 34.9 Å². The molecule has 86 valence electrons. The number of benzene rings is 1. The molecule has 0 bridgehead atoms. The van der Waals surface area contributed by atoms with Crippen molar-refractivity contribution in [2.45, 2.75) is 40.0 Å². The maximum atomic E-state index is 11.9. The fourth-order valence-electron chi connectivity index (χ4n) is 2.33. The minimum absolute atomic E-state index is 0.190. The van der Waals surface area contributed by atoms with Crippen LogP contribution in [-0.4, -0.2) is 5.78 Å². The molecule has 0 saturated carbocycles. The Morgan fingerprint density at radius 2 is 2.12 bits per heavy atom. The van der Waals surface area contributed by atoms with Crippen molar-refractivity contribution in [2.75, 3.05) is 0 Å². The van der Waals surface area contributed by atoms with E-state index in [9.17, 15) is 4.79 Å². The lowest BCUT2D eigenvalue weighted by atomic mass is 9.99. The van der Waals surface area contributed by atoms with Crippen LogP contribution in [0, 0.1) is 11.8 Å². The lowest BCUT2D eigenvalue weighted by Gasteiger charge is -2.06. The van der Waals surface area contributed by atoms with Gasteiger partial charge in [-0.05, 0) is 42.4 Å². The second-order valence-corrected chi connectivity index (χ2v) is 5.39. The zero-order chi connectivity index (χ0) is 11.7. The first-order valence-electron chi connectivity index (χ1n) is 6.24. The molecule has 1 aliphatic rings. The van der Waals surface area contributed by atoms with E-state index in [4.69, 9.17) is 0 Å². The predicted molar refractivity (Wildman–Crippen MR) is 66.8 cm³/mol. The SMILES string of the molecule is CC(C)CCc1ccc2c(c1)C(=O)C(C)C2. The van der Waals surface area contributed by atoms with Gasteiger partial charge >= 0.3 is 0 Å². The molecule has 16 heavy (non-hydrogen) atoms. The van der Waals surface area contributed by atoms with Crippen molar-refractivity contribution in [1.82, 2.24) is 0 Å². The Morgan fingerprint density at radius 3 is 2.81 bits per heavy atom. The predicted octanol–water partition coefficient (Wildman–Crippen LogP) is 3.65. The Hall–Kier alpha value is -1.11. The van der Waals surface area contributed by atoms with Gasteiger partial charge in [0.05, 0.1) is 0 Å². The van der Waals surface area contributed by atoms with E-state index in [-0.39, 0.29) is 5.92 Å². The third-order valence-corrected chi connectivity index (χ3v) is 3.42. The lowest BCUT2D eigenvalue weighted by molar-refractivity contribution is 0.0946. The molecule has 1 aromatic rings. The average molecular weight is 216 g/mol. The topological polar surface area (TPSA) is 17.1 Å². The molecule has 0 saturated heterocycles. The van der Waals surface area contributed by atoms with E-state index >= 15 is 0 Å². The van der Waals surface area contributed by atoms with Gasteiger partial charge in [-0.1, -0.05) is 32.9 Å². The van der Waals surface area contributed by atoms with Crippen molar-refractivity contribution in [1.29, 1.82) is 0 Å². The third-order valence-electron chi connectivity index (χ3n) is 3.42. The molecule has 1 atom stereocenters. The van der Waals surface area contributed by atoms with Gasteiger partial charge in [0.2, 0.25) is 0 Å². The molecule has 1 aliphatic carbocycles. The highest BCUT2D eigenvalue weighted by Gasteiger charge is 2.26. The minimum Gasteiger partial charge on any atom is -0.294 e. The van der Waals surface area contributed by atoms with Crippen molar-refractivity contribution in [2.24, 2.45) is 11.8 Å². The normalized spacial score (nSPS) is 19.2. The standard InChI is InChI=1S/C15H20O/c1-10(2)4-5-12-6-7-13-8-11(3)15(16)14(13)9-12/h6-7,9-11H,4-5,8H2,1-3H3. The number of aryl methyl sites for hydroxylation is 1. The molecule has 0 aliphatic heterocycles. The number of fused-ring (bicyclic) bond motifs is 1. The van der Waals surface area contributed by atoms with E-state index < -0.39 is 0 Å². The molecule has 0 heterocycles. The van der Waals surface area contributed by atoms with Crippen LogP contribution in [0.5, 0.6) is 0 Å². The van der Waals surface area contributed by atoms with Gasteiger partial charge in [0.15, 0.2) is 5.78 Å². The zero-order valence-corrected chi connectivity index (χ0v) is 10.4. The van der Waals surface area contributed by atoms with Gasteiger partial charge < -0.3 is 0 Å². The van der Waals surface area contributed by atoms with Gasteiger partial charge in [0.25, 0.3) is 0 Å². The van der Waals surface area contributed by atoms with Crippen LogP contribution in [0.15, 0.2) is 18.2 Å². The Labute approximate surface area is 97.9 Å². The molecule has 0 spiro atoms. The average Bonchev–Trinajstić information content (AvgIpc) is 2.52. The number of hydrogen-bond acceptors (Lipinski definition) is 1. The third kappa shape index (κ3) is 2.18. The van der Waals surface area contributed by atoms with Crippen LogP contribution in [0.2, 0.25) is 0 Å². The first kappa shape index (κ1) is 11.4. The fraction of sp³-hybridized carbons (Fsp3) is 0.533. The van der Waals surface area contributed by atoms with E-state index in [1.807, 2.05) is 6.92 Å². The van der Waals surface area contributed by atoms with E-state index in [0.717, 1.165) is 24.3 Å². The summed E-state index contributed by atoms with van der Waals surface area (Å²) in [6.07, 6.45) is 3.22. The number of carbonyl (C=O) groups is 1. The van der Waals surface area contributed by atoms with Crippen molar-refractivity contribution < 1.29 is 4.79 Å². The number of Topliss-reactive ketones (excluding diaryl/α,β-unsaturated/α-hetero) is 1. The van der Waals surface area contributed by atoms with Crippen molar-refractivity contribution in [3.8, 4) is 0 Å². The van der Waals surface area contributed by atoms with Crippen LogP contribution >= 0.6 is 0 Å². The molecule has 1 nitrogen and oxygen atoms in total. The molecule has 0 radical (unpaired) electrons. The Bertz CT molecular complexity index is 404. The van der Waals surface area contributed by atoms with Crippen LogP contribution in [0.1, 0.15) is 48.7 Å². The first-order valence-corrected chi connectivity index (χ1v) is 6.24. The van der Waals surface area contributed by atoms with Crippen LogP contribution in [-0.2, 0) is 12.8 Å². The summed E-state index contributed by atoms with van der Waals surface area (Å²) in [5, 5.41) is 0. The van der Waals surface area contributed by atoms with E-state index in [1.165, 1.54) is 17.5 Å². The van der Waals surface area contributed by atoms with Crippen LogP contribution in [0.3, 0.4) is 0 Å². The fourth-order valence-corrected chi connectivity index (χ4v) is 2.33. The second-order valence-electron chi connectivity index (χ2n) is 5.39. The summed E-state index contributed by atoms with van der Waals surface area (Å²) in [6.45, 7) is 6.50. The zero-order valence-electron chi connectivity index (χ0n) is 10.4. The van der Waals surface area contributed by atoms with Crippen LogP contribution in [0.4, 0.5) is 0 Å². The maximum Gasteiger partial charge on any atom is 0.166 e. The first-order chi connectivity index (χ1) is 7.58. The summed E-state index contributed by atoms with van der Waals surface area (Å²) in [5.74, 6) is 1.25. The summed E-state index contributed by atoms with van der Waals surface area (Å²) in [5.41, 5.74) is 3.54. The van der Waals surface area contributed by atoms with Gasteiger partial charge in [-0.3, -0.25) is 4.79 Å². The van der Waals surface area contributed by atoms with E-state index in [0.29, 0.717) is 5.78 Å². The Morgan fingerprint density at radius 1 is 1.38 bits per heavy atom. The van der Waals surface area contributed by atoms with E-state index in [2.05, 4.69) is 32.0 Å². The number of carbonyl (C=O) groups excluding carboxylic acids is 1. The summed E-state index contributed by atoms with van der Waals surface area (Å²) < 4.78 is 0. The molecule has 0 N–H and O–H groups in total. The van der Waals surface area contributed by atoms with E-state index in [1.54, 1.807) is 0 Å². The molecule has 2 rings (SSSR count). The Balaban J connectivity index is 2.17. The lowest BCUT2D eigenvalue weighted by Crippen LogP contribution is -2.03. The quantitative estimate of drug-likeness (QED) is 0.753. The Kier molecular flexibility index (Phi) is 3.13. The summed E-state index contributed by atoms with van der Waals surface area (Å²) >= 11 is 0. The van der Waals surface area contributed by atoms with Gasteiger partial charge in [0, 0.05) is 11.5 Å². The summed E-state index contributed by atoms with van der Waals surface area (Å²) in [4.78, 5) is 11.9. The summed E-state index contributed by atoms with van der Waals surface area (Å²) in [7, 11) is 0. The molecule has 1 unspecified atom stereocenters. The smallest absolute Gasteiger partial charge is 0.166 e. The van der Waals surface area contributed by atoms with Gasteiger partial charge in [-0.2, -0.15) is 0 Å². The van der Waals surface area contributed by atoms with Crippen molar-refractivity contribution in [3.63, 3.8) is 0 Å². The summed E-state index contributed by atoms with van der Waals surface area (Å²) in [6, 6.07) is 6.45. The van der Waals surface area contributed by atoms with Crippen LogP contribution in [0.25, 0.3) is 0 Å². The van der Waals surface area contributed by atoms with Gasteiger partial charge in [-0.25, -0.2) is 0 Å². The van der Waals surface area contributed by atoms with Gasteiger partial charge in [0.1, 0.15) is 0 Å². The molecule has 0 aromatic heterocycles. The number of hydrogen-bond donors (Lipinski definition) is 0. The molecular weight excluding hydrogens is 196 g/mol. The van der Waals surface area contributed by atoms with Gasteiger partial charge in [-0.15, -0.1) is 0 Å². The molecule has 1 aromatic carbocycles. The molecule has 0 fully saturated rings. The highest BCUT2D eigenvalue weighted by molar-refractivity contribution is 6.02. The number of rotatable bonds is 3. The molecular formula is C15H20O. The van der Waals surface area contributed by atoms with Crippen molar-refractivity contribution >= 4 is 5.78 Å². The monoisotopic (exact) mass is 216 g/mol. The highest BCUT2D eigenvalue weighted by Crippen LogP contribution is 2.27. The number of ketones is 1. The largest absolute Gasteiger partial charge is 0.294 e. The van der Waals surface area contributed by atoms with Crippen LogP contribution < -0.4 is 0 Å². The molecule has 1 heteroatoms. The second kappa shape index (κ2) is 4.40. The highest BCUT2D eigenvalue weighted by atomic mass is 16.1. The minimum atomic E-state index is 0.190. The maximum absolute atomic E-state index is 11.9. The molecule has 0 amide bonds.